The lowest BCUT2D eigenvalue weighted by Crippen LogP contribution is -2.48. The fourth-order valence-corrected chi connectivity index (χ4v) is 3.33. The van der Waals surface area contributed by atoms with Crippen LogP contribution in [0.2, 0.25) is 0 Å². The van der Waals surface area contributed by atoms with E-state index in [4.69, 9.17) is 9.73 Å². The maximum absolute atomic E-state index is 12.1. The highest BCUT2D eigenvalue weighted by Gasteiger charge is 2.28. The summed E-state index contributed by atoms with van der Waals surface area (Å²) in [6, 6.07) is 8.61. The van der Waals surface area contributed by atoms with E-state index in [0.717, 1.165) is 38.4 Å². The highest BCUT2D eigenvalue weighted by atomic mass is 16.5. The molecule has 1 aliphatic heterocycles. The van der Waals surface area contributed by atoms with Gasteiger partial charge in [-0.1, -0.05) is 24.3 Å². The maximum atomic E-state index is 12.1. The van der Waals surface area contributed by atoms with Crippen molar-refractivity contribution in [3.63, 3.8) is 0 Å². The van der Waals surface area contributed by atoms with E-state index in [1.54, 1.807) is 0 Å². The molecule has 0 spiro atoms. The van der Waals surface area contributed by atoms with Gasteiger partial charge in [0.25, 0.3) is 0 Å². The summed E-state index contributed by atoms with van der Waals surface area (Å²) in [5, 5.41) is 3.37. The lowest BCUT2D eigenvalue weighted by Gasteiger charge is -2.34. The van der Waals surface area contributed by atoms with Crippen molar-refractivity contribution in [2.24, 2.45) is 10.9 Å². The van der Waals surface area contributed by atoms with Gasteiger partial charge in [0, 0.05) is 26.2 Å². The Balaban J connectivity index is 2.01. The number of rotatable bonds is 7. The van der Waals surface area contributed by atoms with E-state index in [2.05, 4.69) is 60.4 Å². The zero-order valence-electron chi connectivity index (χ0n) is 17.2. The van der Waals surface area contributed by atoms with Crippen LogP contribution in [-0.4, -0.2) is 62.1 Å². The maximum Gasteiger partial charge on any atom is 0.310 e. The molecular formula is C21H34N4O2. The first-order valence-corrected chi connectivity index (χ1v) is 9.95. The van der Waals surface area contributed by atoms with E-state index < -0.39 is 0 Å². The van der Waals surface area contributed by atoms with Gasteiger partial charge < -0.3 is 19.9 Å². The quantitative estimate of drug-likeness (QED) is 0.451. The molecule has 1 N–H and O–H groups in total. The molecule has 0 aromatic heterocycles. The number of hydrogen-bond donors (Lipinski definition) is 1. The molecule has 0 amide bonds. The summed E-state index contributed by atoms with van der Waals surface area (Å²) in [5.74, 6) is 0.728. The van der Waals surface area contributed by atoms with Gasteiger partial charge in [-0.05, 0) is 51.9 Å². The fraction of sp³-hybridized carbons (Fsp3) is 0.619. The van der Waals surface area contributed by atoms with E-state index in [1.807, 2.05) is 6.92 Å². The third kappa shape index (κ3) is 6.86. The Bertz CT molecular complexity index is 613. The number of carbonyl (C=O) groups excluding carboxylic acids is 1. The zero-order chi connectivity index (χ0) is 19.6. The Kier molecular flexibility index (Phi) is 8.58. The zero-order valence-corrected chi connectivity index (χ0v) is 17.2. The summed E-state index contributed by atoms with van der Waals surface area (Å²) in [5.41, 5.74) is 2.49. The van der Waals surface area contributed by atoms with Gasteiger partial charge in [0.2, 0.25) is 0 Å². The molecular weight excluding hydrogens is 340 g/mol. The number of benzene rings is 1. The van der Waals surface area contributed by atoms with E-state index in [9.17, 15) is 4.79 Å². The minimum Gasteiger partial charge on any atom is -0.466 e. The summed E-state index contributed by atoms with van der Waals surface area (Å²) in [7, 11) is 4.14. The molecule has 27 heavy (non-hydrogen) atoms. The largest absolute Gasteiger partial charge is 0.466 e. The van der Waals surface area contributed by atoms with Crippen LogP contribution in [0.15, 0.2) is 29.3 Å². The third-order valence-corrected chi connectivity index (χ3v) is 4.61. The van der Waals surface area contributed by atoms with Crippen molar-refractivity contribution >= 4 is 11.9 Å². The Morgan fingerprint density at radius 1 is 1.26 bits per heavy atom. The number of hydrogen-bond acceptors (Lipinski definition) is 4. The average molecular weight is 375 g/mol. The summed E-state index contributed by atoms with van der Waals surface area (Å²) >= 11 is 0. The van der Waals surface area contributed by atoms with E-state index in [1.165, 1.54) is 11.1 Å². The van der Waals surface area contributed by atoms with Gasteiger partial charge in [-0.25, -0.2) is 4.99 Å². The number of ether oxygens (including phenoxy) is 1. The Hall–Kier alpha value is -2.08. The van der Waals surface area contributed by atoms with Crippen LogP contribution in [0.4, 0.5) is 0 Å². The van der Waals surface area contributed by atoms with Gasteiger partial charge in [0.1, 0.15) is 0 Å². The van der Waals surface area contributed by atoms with Crippen LogP contribution in [0.5, 0.6) is 0 Å². The van der Waals surface area contributed by atoms with Gasteiger partial charge in [0.15, 0.2) is 5.96 Å². The third-order valence-electron chi connectivity index (χ3n) is 4.61. The van der Waals surface area contributed by atoms with Gasteiger partial charge in [-0.3, -0.25) is 4.79 Å². The molecule has 0 bridgehead atoms. The number of nitrogens with zero attached hydrogens (tertiary/aromatic N) is 3. The second-order valence-corrected chi connectivity index (χ2v) is 7.26. The van der Waals surface area contributed by atoms with Crippen molar-refractivity contribution in [2.75, 3.05) is 40.3 Å². The Morgan fingerprint density at radius 3 is 2.59 bits per heavy atom. The smallest absolute Gasteiger partial charge is 0.310 e. The van der Waals surface area contributed by atoms with E-state index in [-0.39, 0.29) is 11.9 Å². The Labute approximate surface area is 163 Å². The predicted octanol–water partition coefficient (Wildman–Crippen LogP) is 2.49. The molecule has 1 heterocycles. The molecule has 0 aliphatic carbocycles. The molecule has 1 aromatic rings. The van der Waals surface area contributed by atoms with Gasteiger partial charge in [-0.15, -0.1) is 0 Å². The van der Waals surface area contributed by atoms with Crippen molar-refractivity contribution < 1.29 is 9.53 Å². The monoisotopic (exact) mass is 374 g/mol. The van der Waals surface area contributed by atoms with Crippen LogP contribution in [0, 0.1) is 5.92 Å². The molecule has 1 aromatic carbocycles. The molecule has 6 nitrogen and oxygen atoms in total. The molecule has 0 saturated carbocycles. The summed E-state index contributed by atoms with van der Waals surface area (Å²) < 4.78 is 5.21. The minimum atomic E-state index is -0.0884. The molecule has 2 rings (SSSR count). The molecule has 150 valence electrons. The standard InChI is InChI=1S/C21H34N4O2/c1-5-22-21(25-13-7-8-19(16-25)20(26)27-6-2)23-14-17-9-11-18(12-10-17)15-24(3)4/h9-12,19H,5-8,13-16H2,1-4H3,(H,22,23). The lowest BCUT2D eigenvalue weighted by atomic mass is 9.98. The SMILES string of the molecule is CCNC(=NCc1ccc(CN(C)C)cc1)N1CCCC(C(=O)OCC)C1. The first-order chi connectivity index (χ1) is 13.0. The number of guanidine groups is 1. The number of carbonyl (C=O) groups is 1. The Morgan fingerprint density at radius 2 is 1.96 bits per heavy atom. The normalized spacial score (nSPS) is 17.9. The first kappa shape index (κ1) is 21.2. The summed E-state index contributed by atoms with van der Waals surface area (Å²) in [4.78, 5) is 21.3. The molecule has 1 fully saturated rings. The minimum absolute atomic E-state index is 0.0622. The highest BCUT2D eigenvalue weighted by Crippen LogP contribution is 2.18. The van der Waals surface area contributed by atoms with Crippen molar-refractivity contribution in [3.8, 4) is 0 Å². The van der Waals surface area contributed by atoms with Crippen LogP contribution in [-0.2, 0) is 22.6 Å². The number of piperidine rings is 1. The second kappa shape index (κ2) is 10.9. The first-order valence-electron chi connectivity index (χ1n) is 9.95. The molecule has 1 saturated heterocycles. The van der Waals surface area contributed by atoms with Crippen LogP contribution >= 0.6 is 0 Å². The van der Waals surface area contributed by atoms with Crippen LogP contribution < -0.4 is 5.32 Å². The number of nitrogens with one attached hydrogen (secondary N) is 1. The average Bonchev–Trinajstić information content (AvgIpc) is 2.66. The molecule has 6 heteroatoms. The number of aliphatic imine (C=N–C) groups is 1. The molecule has 1 unspecified atom stereocenters. The number of likely N-dealkylation sites (tertiary alicyclic amines) is 1. The van der Waals surface area contributed by atoms with Gasteiger partial charge in [0.05, 0.1) is 19.1 Å². The van der Waals surface area contributed by atoms with Crippen LogP contribution in [0.3, 0.4) is 0 Å². The second-order valence-electron chi connectivity index (χ2n) is 7.26. The fourth-order valence-electron chi connectivity index (χ4n) is 3.33. The van der Waals surface area contributed by atoms with Gasteiger partial charge in [-0.2, -0.15) is 0 Å². The van der Waals surface area contributed by atoms with Crippen molar-refractivity contribution in [3.05, 3.63) is 35.4 Å². The van der Waals surface area contributed by atoms with Crippen molar-refractivity contribution in [2.45, 2.75) is 39.8 Å². The van der Waals surface area contributed by atoms with Crippen LogP contribution in [0.1, 0.15) is 37.8 Å². The van der Waals surface area contributed by atoms with Gasteiger partial charge >= 0.3 is 5.97 Å². The van der Waals surface area contributed by atoms with Crippen molar-refractivity contribution in [1.29, 1.82) is 0 Å². The van der Waals surface area contributed by atoms with E-state index >= 15 is 0 Å². The highest BCUT2D eigenvalue weighted by molar-refractivity contribution is 5.81. The predicted molar refractivity (Wildman–Crippen MR) is 110 cm³/mol. The van der Waals surface area contributed by atoms with E-state index in [0.29, 0.717) is 19.7 Å². The summed E-state index contributed by atoms with van der Waals surface area (Å²) in [6.45, 7) is 8.33. The molecule has 1 aliphatic rings. The molecule has 0 radical (unpaired) electrons. The van der Waals surface area contributed by atoms with Crippen molar-refractivity contribution in [1.82, 2.24) is 15.1 Å². The van der Waals surface area contributed by atoms with Crippen LogP contribution in [0.25, 0.3) is 0 Å². The topological polar surface area (TPSA) is 57.2 Å². The molecule has 1 atom stereocenters. The number of esters is 1. The lowest BCUT2D eigenvalue weighted by molar-refractivity contribution is -0.149. The summed E-state index contributed by atoms with van der Waals surface area (Å²) in [6.07, 6.45) is 1.87.